The molecule has 1 aromatic carbocycles. The summed E-state index contributed by atoms with van der Waals surface area (Å²) in [6.45, 7) is 4.70. The number of hydrogen-bond acceptors (Lipinski definition) is 2. The summed E-state index contributed by atoms with van der Waals surface area (Å²) in [6.07, 6.45) is 0. The van der Waals surface area contributed by atoms with Gasteiger partial charge >= 0.3 is 0 Å². The van der Waals surface area contributed by atoms with Gasteiger partial charge in [-0.1, -0.05) is 49.2 Å². The van der Waals surface area contributed by atoms with Crippen LogP contribution < -0.4 is 5.73 Å². The first kappa shape index (κ1) is 15.4. The molecule has 0 bridgehead atoms. The summed E-state index contributed by atoms with van der Waals surface area (Å²) in [4.78, 5) is 0. The number of benzene rings is 1. The topological polar surface area (TPSA) is 43.8 Å². The van der Waals surface area contributed by atoms with Gasteiger partial charge < -0.3 is 5.73 Å². The third kappa shape index (κ3) is 2.85. The van der Waals surface area contributed by atoms with E-state index in [-0.39, 0.29) is 5.92 Å². The Kier molecular flexibility index (Phi) is 4.74. The molecule has 1 unspecified atom stereocenters. The summed E-state index contributed by atoms with van der Waals surface area (Å²) in [5.41, 5.74) is 9.02. The molecule has 108 valence electrons. The highest BCUT2D eigenvalue weighted by atomic mass is 35.5. The van der Waals surface area contributed by atoms with E-state index in [1.165, 1.54) is 0 Å². The number of halogens is 2. The van der Waals surface area contributed by atoms with Crippen LogP contribution in [0.3, 0.4) is 0 Å². The fraction of sp³-hybridized carbons (Fsp3) is 0.400. The first-order valence-corrected chi connectivity index (χ1v) is 7.39. The maximum Gasteiger partial charge on any atom is 0.0653 e. The van der Waals surface area contributed by atoms with Crippen LogP contribution in [0.25, 0.3) is 0 Å². The second-order valence-electron chi connectivity index (χ2n) is 5.20. The molecule has 0 aliphatic rings. The third-order valence-corrected chi connectivity index (χ3v) is 4.31. The zero-order chi connectivity index (χ0) is 14.9. The van der Waals surface area contributed by atoms with Crippen molar-refractivity contribution in [1.29, 1.82) is 0 Å². The normalized spacial score (nSPS) is 12.9. The van der Waals surface area contributed by atoms with Crippen LogP contribution in [0, 0.1) is 0 Å². The lowest BCUT2D eigenvalue weighted by atomic mass is 9.94. The van der Waals surface area contributed by atoms with Gasteiger partial charge in [0.2, 0.25) is 0 Å². The highest BCUT2D eigenvalue weighted by Gasteiger charge is 2.21. The molecule has 0 aliphatic heterocycles. The Bertz CT molecular complexity index is 605. The molecule has 0 saturated carbocycles. The first-order valence-electron chi connectivity index (χ1n) is 6.63. The van der Waals surface area contributed by atoms with E-state index in [0.717, 1.165) is 17.0 Å². The lowest BCUT2D eigenvalue weighted by Crippen LogP contribution is -2.17. The summed E-state index contributed by atoms with van der Waals surface area (Å²) >= 11 is 12.4. The van der Waals surface area contributed by atoms with Crippen LogP contribution in [0.5, 0.6) is 0 Å². The Morgan fingerprint density at radius 2 is 2.00 bits per heavy atom. The fourth-order valence-corrected chi connectivity index (χ4v) is 2.75. The van der Waals surface area contributed by atoms with E-state index in [4.69, 9.17) is 28.9 Å². The quantitative estimate of drug-likeness (QED) is 0.929. The summed E-state index contributed by atoms with van der Waals surface area (Å²) in [6, 6.07) is 7.74. The van der Waals surface area contributed by atoms with Crippen molar-refractivity contribution < 1.29 is 0 Å². The lowest BCUT2D eigenvalue weighted by Gasteiger charge is -2.17. The average Bonchev–Trinajstić information content (AvgIpc) is 2.78. The molecule has 2 rings (SSSR count). The number of nitrogens with two attached hydrogens (primary N) is 1. The standard InChI is InChI=1S/C15H19Cl2N3/c1-9(2)13-7-14(20(3)19-13)11(8-18)10-5-4-6-12(16)15(10)17/h4-7,9,11H,8,18H2,1-3H3. The van der Waals surface area contributed by atoms with Crippen molar-refractivity contribution in [3.05, 3.63) is 51.3 Å². The molecule has 5 heteroatoms. The molecule has 20 heavy (non-hydrogen) atoms. The molecule has 1 atom stereocenters. The Labute approximate surface area is 129 Å². The minimum absolute atomic E-state index is 0.00815. The molecular weight excluding hydrogens is 293 g/mol. The summed E-state index contributed by atoms with van der Waals surface area (Å²) < 4.78 is 1.88. The lowest BCUT2D eigenvalue weighted by molar-refractivity contribution is 0.649. The Morgan fingerprint density at radius 3 is 2.55 bits per heavy atom. The van der Waals surface area contributed by atoms with Gasteiger partial charge in [-0.2, -0.15) is 5.10 Å². The molecule has 0 aliphatic carbocycles. The van der Waals surface area contributed by atoms with Gasteiger partial charge in [-0.25, -0.2) is 0 Å². The average molecular weight is 312 g/mol. The van der Waals surface area contributed by atoms with Gasteiger partial charge in [0.1, 0.15) is 0 Å². The number of hydrogen-bond donors (Lipinski definition) is 1. The minimum atomic E-state index is -0.00815. The Balaban J connectivity index is 2.50. The number of aromatic nitrogens is 2. The summed E-state index contributed by atoms with van der Waals surface area (Å²) in [7, 11) is 1.93. The molecule has 0 fully saturated rings. The van der Waals surface area contributed by atoms with Crippen molar-refractivity contribution in [3.63, 3.8) is 0 Å². The summed E-state index contributed by atoms with van der Waals surface area (Å²) in [5, 5.41) is 5.66. The molecular formula is C15H19Cl2N3. The smallest absolute Gasteiger partial charge is 0.0653 e. The van der Waals surface area contributed by atoms with Gasteiger partial charge in [-0.3, -0.25) is 4.68 Å². The summed E-state index contributed by atoms with van der Waals surface area (Å²) in [5.74, 6) is 0.370. The minimum Gasteiger partial charge on any atom is -0.329 e. The first-order chi connectivity index (χ1) is 9.45. The molecule has 2 aromatic rings. The Hall–Kier alpha value is -1.03. The fourth-order valence-electron chi connectivity index (χ4n) is 2.31. The number of aryl methyl sites for hydroxylation is 1. The van der Waals surface area contributed by atoms with Crippen molar-refractivity contribution >= 4 is 23.2 Å². The SMILES string of the molecule is CC(C)c1cc(C(CN)c2cccc(Cl)c2Cl)n(C)n1. The van der Waals surface area contributed by atoms with Gasteiger partial charge in [0.05, 0.1) is 15.7 Å². The van der Waals surface area contributed by atoms with Gasteiger partial charge in [-0.05, 0) is 23.6 Å². The predicted molar refractivity (Wildman–Crippen MR) is 84.7 cm³/mol. The van der Waals surface area contributed by atoms with Crippen LogP contribution in [0.1, 0.15) is 42.6 Å². The second kappa shape index (κ2) is 6.17. The van der Waals surface area contributed by atoms with Crippen molar-refractivity contribution in [2.24, 2.45) is 12.8 Å². The highest BCUT2D eigenvalue weighted by molar-refractivity contribution is 6.42. The van der Waals surface area contributed by atoms with Crippen LogP contribution in [0.15, 0.2) is 24.3 Å². The van der Waals surface area contributed by atoms with E-state index < -0.39 is 0 Å². The van der Waals surface area contributed by atoms with E-state index in [1.54, 1.807) is 6.07 Å². The van der Waals surface area contributed by atoms with E-state index in [9.17, 15) is 0 Å². The molecule has 0 spiro atoms. The molecule has 1 heterocycles. The predicted octanol–water partition coefficient (Wildman–Crippen LogP) is 3.94. The van der Waals surface area contributed by atoms with Crippen LogP contribution in [-0.2, 0) is 7.05 Å². The van der Waals surface area contributed by atoms with Gasteiger partial charge in [0.25, 0.3) is 0 Å². The van der Waals surface area contributed by atoms with Crippen LogP contribution in [-0.4, -0.2) is 16.3 Å². The zero-order valence-electron chi connectivity index (χ0n) is 11.9. The van der Waals surface area contributed by atoms with E-state index in [1.807, 2.05) is 23.9 Å². The maximum atomic E-state index is 6.32. The molecule has 0 saturated heterocycles. The van der Waals surface area contributed by atoms with Crippen LogP contribution in [0.2, 0.25) is 10.0 Å². The molecule has 0 radical (unpaired) electrons. The monoisotopic (exact) mass is 311 g/mol. The van der Waals surface area contributed by atoms with Crippen LogP contribution in [0.4, 0.5) is 0 Å². The van der Waals surface area contributed by atoms with Crippen LogP contribution >= 0.6 is 23.2 Å². The molecule has 3 nitrogen and oxygen atoms in total. The van der Waals surface area contributed by atoms with Crippen molar-refractivity contribution in [2.45, 2.75) is 25.7 Å². The van der Waals surface area contributed by atoms with E-state index in [0.29, 0.717) is 22.5 Å². The third-order valence-electron chi connectivity index (χ3n) is 3.48. The van der Waals surface area contributed by atoms with Gasteiger partial charge in [-0.15, -0.1) is 0 Å². The maximum absolute atomic E-state index is 6.32. The van der Waals surface area contributed by atoms with Crippen molar-refractivity contribution in [1.82, 2.24) is 9.78 Å². The number of rotatable bonds is 4. The van der Waals surface area contributed by atoms with Crippen molar-refractivity contribution in [3.8, 4) is 0 Å². The Morgan fingerprint density at radius 1 is 1.30 bits per heavy atom. The molecule has 1 aromatic heterocycles. The largest absolute Gasteiger partial charge is 0.329 e. The molecule has 2 N–H and O–H groups in total. The van der Waals surface area contributed by atoms with Crippen molar-refractivity contribution in [2.75, 3.05) is 6.54 Å². The second-order valence-corrected chi connectivity index (χ2v) is 5.99. The van der Waals surface area contributed by atoms with Gasteiger partial charge in [0.15, 0.2) is 0 Å². The number of nitrogens with zero attached hydrogens (tertiary/aromatic N) is 2. The zero-order valence-corrected chi connectivity index (χ0v) is 13.4. The highest BCUT2D eigenvalue weighted by Crippen LogP contribution is 2.34. The molecule has 0 amide bonds. The van der Waals surface area contributed by atoms with Gasteiger partial charge in [0, 0.05) is 25.2 Å². The van der Waals surface area contributed by atoms with E-state index in [2.05, 4.69) is 25.0 Å². The van der Waals surface area contributed by atoms with E-state index >= 15 is 0 Å².